The SMILES string of the molecule is CCCC(CNC(=O)CNS(=O)(=O)c1cccc(C(F)(F)F)c1)C(=O)O. The van der Waals surface area contributed by atoms with Gasteiger partial charge >= 0.3 is 12.1 Å². The zero-order valence-electron chi connectivity index (χ0n) is 13.8. The van der Waals surface area contributed by atoms with Crippen LogP contribution >= 0.6 is 0 Å². The highest BCUT2D eigenvalue weighted by Gasteiger charge is 2.31. The number of aliphatic carboxylic acids is 1. The van der Waals surface area contributed by atoms with Gasteiger partial charge in [0.25, 0.3) is 0 Å². The van der Waals surface area contributed by atoms with Gasteiger partial charge in [0.05, 0.1) is 22.9 Å². The van der Waals surface area contributed by atoms with E-state index >= 15 is 0 Å². The largest absolute Gasteiger partial charge is 0.481 e. The van der Waals surface area contributed by atoms with Crippen molar-refractivity contribution in [2.75, 3.05) is 13.1 Å². The van der Waals surface area contributed by atoms with E-state index in [1.165, 1.54) is 0 Å². The van der Waals surface area contributed by atoms with Crippen molar-refractivity contribution in [3.8, 4) is 0 Å². The van der Waals surface area contributed by atoms with Crippen LogP contribution in [0.15, 0.2) is 29.2 Å². The van der Waals surface area contributed by atoms with Crippen LogP contribution in [-0.2, 0) is 25.8 Å². The molecule has 26 heavy (non-hydrogen) atoms. The molecule has 0 fully saturated rings. The second-order valence-electron chi connectivity index (χ2n) is 5.48. The van der Waals surface area contributed by atoms with Crippen LogP contribution in [0.3, 0.4) is 0 Å². The molecule has 0 aliphatic rings. The smallest absolute Gasteiger partial charge is 0.416 e. The number of alkyl halides is 3. The number of carboxylic acid groups (broad SMARTS) is 1. The topological polar surface area (TPSA) is 113 Å². The Morgan fingerprint density at radius 3 is 2.46 bits per heavy atom. The standard InChI is InChI=1S/C15H19F3N2O5S/c1-2-4-10(14(22)23)8-19-13(21)9-20-26(24,25)12-6-3-5-11(7-12)15(16,17)18/h3,5-7,10,20H,2,4,8-9H2,1H3,(H,19,21)(H,22,23). The summed E-state index contributed by atoms with van der Waals surface area (Å²) in [5.74, 6) is -2.68. The van der Waals surface area contributed by atoms with Crippen LogP contribution in [0.5, 0.6) is 0 Å². The summed E-state index contributed by atoms with van der Waals surface area (Å²) in [4.78, 5) is 22.0. The molecular weight excluding hydrogens is 377 g/mol. The molecule has 0 saturated carbocycles. The van der Waals surface area contributed by atoms with Crippen LogP contribution in [0, 0.1) is 5.92 Å². The van der Waals surface area contributed by atoms with Gasteiger partial charge in [-0.2, -0.15) is 13.2 Å². The number of amides is 1. The Balaban J connectivity index is 2.68. The van der Waals surface area contributed by atoms with Gasteiger partial charge in [-0.25, -0.2) is 13.1 Å². The van der Waals surface area contributed by atoms with Gasteiger partial charge in [0, 0.05) is 6.54 Å². The Bertz CT molecular complexity index is 750. The molecule has 0 spiro atoms. The molecule has 0 saturated heterocycles. The molecule has 0 radical (unpaired) electrons. The van der Waals surface area contributed by atoms with E-state index in [9.17, 15) is 31.2 Å². The molecule has 1 rings (SSSR count). The second kappa shape index (κ2) is 8.99. The highest BCUT2D eigenvalue weighted by atomic mass is 32.2. The maximum absolute atomic E-state index is 12.6. The van der Waals surface area contributed by atoms with Crippen molar-refractivity contribution < 1.29 is 36.3 Å². The molecule has 0 bridgehead atoms. The van der Waals surface area contributed by atoms with E-state index in [1.807, 2.05) is 4.72 Å². The van der Waals surface area contributed by atoms with Gasteiger partial charge in [-0.1, -0.05) is 19.4 Å². The van der Waals surface area contributed by atoms with E-state index in [0.29, 0.717) is 18.9 Å². The Morgan fingerprint density at radius 2 is 1.92 bits per heavy atom. The molecule has 1 aromatic rings. The van der Waals surface area contributed by atoms with E-state index in [2.05, 4.69) is 5.32 Å². The van der Waals surface area contributed by atoms with Crippen molar-refractivity contribution in [3.63, 3.8) is 0 Å². The summed E-state index contributed by atoms with van der Waals surface area (Å²) in [5, 5.41) is 11.2. The third-order valence-corrected chi connectivity index (χ3v) is 4.83. The number of rotatable bonds is 9. The van der Waals surface area contributed by atoms with Crippen molar-refractivity contribution in [1.82, 2.24) is 10.0 Å². The molecule has 1 unspecified atom stereocenters. The lowest BCUT2D eigenvalue weighted by Crippen LogP contribution is -2.40. The number of sulfonamides is 1. The predicted molar refractivity (Wildman–Crippen MR) is 85.7 cm³/mol. The molecule has 1 atom stereocenters. The summed E-state index contributed by atoms with van der Waals surface area (Å²) in [7, 11) is -4.33. The minimum absolute atomic E-state index is 0.173. The van der Waals surface area contributed by atoms with Gasteiger partial charge in [-0.05, 0) is 24.6 Å². The first kappa shape index (κ1) is 21.9. The summed E-state index contributed by atoms with van der Waals surface area (Å²) in [5.41, 5.74) is -1.13. The number of hydrogen-bond donors (Lipinski definition) is 3. The summed E-state index contributed by atoms with van der Waals surface area (Å²) in [6, 6.07) is 3.10. The van der Waals surface area contributed by atoms with Crippen molar-refractivity contribution in [2.45, 2.75) is 30.8 Å². The minimum atomic E-state index is -4.70. The van der Waals surface area contributed by atoms with Gasteiger partial charge in [0.2, 0.25) is 15.9 Å². The normalized spacial score (nSPS) is 13.2. The average Bonchev–Trinajstić information content (AvgIpc) is 2.56. The molecule has 0 aliphatic heterocycles. The molecule has 1 aromatic carbocycles. The molecule has 1 amide bonds. The first-order valence-electron chi connectivity index (χ1n) is 7.63. The highest BCUT2D eigenvalue weighted by Crippen LogP contribution is 2.30. The van der Waals surface area contributed by atoms with Gasteiger partial charge in [-0.15, -0.1) is 0 Å². The van der Waals surface area contributed by atoms with Gasteiger partial charge in [0.15, 0.2) is 0 Å². The Kier molecular flexibility index (Phi) is 7.57. The van der Waals surface area contributed by atoms with E-state index in [-0.39, 0.29) is 6.54 Å². The Hall–Kier alpha value is -2.14. The third-order valence-electron chi connectivity index (χ3n) is 3.43. The monoisotopic (exact) mass is 396 g/mol. The number of carbonyl (C=O) groups is 2. The summed E-state index contributed by atoms with van der Waals surface area (Å²) < 4.78 is 63.8. The van der Waals surface area contributed by atoms with Crippen molar-refractivity contribution in [1.29, 1.82) is 0 Å². The van der Waals surface area contributed by atoms with Crippen LogP contribution in [0.4, 0.5) is 13.2 Å². The zero-order valence-corrected chi connectivity index (χ0v) is 14.7. The molecule has 146 valence electrons. The van der Waals surface area contributed by atoms with Gasteiger partial charge in [-0.3, -0.25) is 9.59 Å². The number of carboxylic acids is 1. The molecule has 3 N–H and O–H groups in total. The third kappa shape index (κ3) is 6.64. The second-order valence-corrected chi connectivity index (χ2v) is 7.25. The van der Waals surface area contributed by atoms with Gasteiger partial charge in [0.1, 0.15) is 0 Å². The molecule has 0 aromatic heterocycles. The lowest BCUT2D eigenvalue weighted by molar-refractivity contribution is -0.142. The first-order chi connectivity index (χ1) is 12.0. The number of hydrogen-bond acceptors (Lipinski definition) is 4. The van der Waals surface area contributed by atoms with Crippen LogP contribution in [0.2, 0.25) is 0 Å². The average molecular weight is 396 g/mol. The fourth-order valence-electron chi connectivity index (χ4n) is 2.04. The fourth-order valence-corrected chi connectivity index (χ4v) is 3.07. The minimum Gasteiger partial charge on any atom is -0.481 e. The maximum Gasteiger partial charge on any atom is 0.416 e. The molecular formula is C15H19F3N2O5S. The summed E-state index contributed by atoms with van der Waals surface area (Å²) in [6.45, 7) is 0.880. The summed E-state index contributed by atoms with van der Waals surface area (Å²) >= 11 is 0. The molecule has 11 heteroatoms. The molecule has 0 aliphatic carbocycles. The van der Waals surface area contributed by atoms with Crippen LogP contribution in [-0.4, -0.2) is 38.5 Å². The van der Waals surface area contributed by atoms with E-state index < -0.39 is 51.0 Å². The number of benzene rings is 1. The van der Waals surface area contributed by atoms with Crippen LogP contribution < -0.4 is 10.0 Å². The van der Waals surface area contributed by atoms with E-state index in [0.717, 1.165) is 18.2 Å². The Morgan fingerprint density at radius 1 is 1.27 bits per heavy atom. The van der Waals surface area contributed by atoms with E-state index in [4.69, 9.17) is 5.11 Å². The fraction of sp³-hybridized carbons (Fsp3) is 0.467. The van der Waals surface area contributed by atoms with Crippen molar-refractivity contribution in [3.05, 3.63) is 29.8 Å². The van der Waals surface area contributed by atoms with Crippen molar-refractivity contribution in [2.24, 2.45) is 5.92 Å². The predicted octanol–water partition coefficient (Wildman–Crippen LogP) is 1.60. The van der Waals surface area contributed by atoms with E-state index in [1.54, 1.807) is 6.92 Å². The molecule has 7 nitrogen and oxygen atoms in total. The number of halogens is 3. The number of nitrogens with one attached hydrogen (secondary N) is 2. The Labute approximate surface area is 148 Å². The zero-order chi connectivity index (χ0) is 20.0. The van der Waals surface area contributed by atoms with Crippen molar-refractivity contribution >= 4 is 21.9 Å². The summed E-state index contributed by atoms with van der Waals surface area (Å²) in [6.07, 6.45) is -3.77. The molecule has 0 heterocycles. The van der Waals surface area contributed by atoms with Gasteiger partial charge < -0.3 is 10.4 Å². The lowest BCUT2D eigenvalue weighted by atomic mass is 10.0. The number of carbonyl (C=O) groups excluding carboxylic acids is 1. The van der Waals surface area contributed by atoms with Crippen LogP contribution in [0.25, 0.3) is 0 Å². The van der Waals surface area contributed by atoms with Crippen LogP contribution in [0.1, 0.15) is 25.3 Å². The first-order valence-corrected chi connectivity index (χ1v) is 9.12. The highest BCUT2D eigenvalue weighted by molar-refractivity contribution is 7.89. The maximum atomic E-state index is 12.6. The quantitative estimate of drug-likeness (QED) is 0.587. The lowest BCUT2D eigenvalue weighted by Gasteiger charge is -2.13.